The average Bonchev–Trinajstić information content (AvgIpc) is 3.05. The molecular formula is C18H14FN3O. The van der Waals surface area contributed by atoms with E-state index in [1.165, 1.54) is 12.1 Å². The van der Waals surface area contributed by atoms with Crippen molar-refractivity contribution in [2.24, 2.45) is 0 Å². The summed E-state index contributed by atoms with van der Waals surface area (Å²) >= 11 is 0. The van der Waals surface area contributed by atoms with Crippen LogP contribution in [0.2, 0.25) is 0 Å². The molecule has 4 nitrogen and oxygen atoms in total. The molecule has 0 aliphatic carbocycles. The van der Waals surface area contributed by atoms with Gasteiger partial charge in [-0.3, -0.25) is 0 Å². The number of hydrogen-bond acceptors (Lipinski definition) is 4. The Morgan fingerprint density at radius 2 is 1.83 bits per heavy atom. The standard InChI is InChI=1S/C18H14FN3O/c1-12-2-8-15(9-3-12)21-17(11-20)16-10-18(23-22-16)13-4-6-14(19)7-5-13/h2-10,17,21H,1H3. The Morgan fingerprint density at radius 1 is 1.13 bits per heavy atom. The zero-order valence-electron chi connectivity index (χ0n) is 12.5. The summed E-state index contributed by atoms with van der Waals surface area (Å²) in [6, 6.07) is 16.9. The fourth-order valence-corrected chi connectivity index (χ4v) is 2.16. The smallest absolute Gasteiger partial charge is 0.167 e. The first-order chi connectivity index (χ1) is 11.2. The van der Waals surface area contributed by atoms with E-state index in [9.17, 15) is 9.65 Å². The van der Waals surface area contributed by atoms with Crippen molar-refractivity contribution in [2.75, 3.05) is 5.32 Å². The van der Waals surface area contributed by atoms with E-state index in [0.717, 1.165) is 11.3 Å². The maximum Gasteiger partial charge on any atom is 0.167 e. The minimum Gasteiger partial charge on any atom is -0.365 e. The van der Waals surface area contributed by atoms with Crippen molar-refractivity contribution >= 4 is 5.69 Å². The summed E-state index contributed by atoms with van der Waals surface area (Å²) in [6.45, 7) is 2.00. The largest absolute Gasteiger partial charge is 0.365 e. The van der Waals surface area contributed by atoms with Crippen LogP contribution in [0, 0.1) is 24.1 Å². The van der Waals surface area contributed by atoms with Crippen molar-refractivity contribution < 1.29 is 8.91 Å². The summed E-state index contributed by atoms with van der Waals surface area (Å²) in [7, 11) is 0. The number of halogens is 1. The fourth-order valence-electron chi connectivity index (χ4n) is 2.16. The topological polar surface area (TPSA) is 61.9 Å². The van der Waals surface area contributed by atoms with Gasteiger partial charge in [0.1, 0.15) is 11.5 Å². The molecule has 1 aromatic heterocycles. The zero-order chi connectivity index (χ0) is 16.2. The lowest BCUT2D eigenvalue weighted by atomic mass is 10.1. The molecule has 3 rings (SSSR count). The first-order valence-electron chi connectivity index (χ1n) is 7.11. The van der Waals surface area contributed by atoms with Crippen LogP contribution in [0.15, 0.2) is 59.1 Å². The van der Waals surface area contributed by atoms with Gasteiger partial charge >= 0.3 is 0 Å². The molecule has 0 saturated heterocycles. The molecule has 1 N–H and O–H groups in total. The molecule has 5 heteroatoms. The molecule has 23 heavy (non-hydrogen) atoms. The summed E-state index contributed by atoms with van der Waals surface area (Å²) in [5, 5.41) is 16.4. The lowest BCUT2D eigenvalue weighted by Gasteiger charge is -2.10. The number of nitriles is 1. The Kier molecular flexibility index (Phi) is 4.07. The number of aryl methyl sites for hydroxylation is 1. The fraction of sp³-hybridized carbons (Fsp3) is 0.111. The quantitative estimate of drug-likeness (QED) is 0.772. The summed E-state index contributed by atoms with van der Waals surface area (Å²) in [6.07, 6.45) is 0. The lowest BCUT2D eigenvalue weighted by molar-refractivity contribution is 0.422. The monoisotopic (exact) mass is 307 g/mol. The third-order valence-electron chi connectivity index (χ3n) is 3.44. The second-order valence-corrected chi connectivity index (χ2v) is 5.20. The van der Waals surface area contributed by atoms with Crippen LogP contribution in [-0.2, 0) is 0 Å². The van der Waals surface area contributed by atoms with E-state index >= 15 is 0 Å². The number of hydrogen-bond donors (Lipinski definition) is 1. The Labute approximate surface area is 133 Å². The van der Waals surface area contributed by atoms with Crippen LogP contribution in [0.4, 0.5) is 10.1 Å². The highest BCUT2D eigenvalue weighted by molar-refractivity contribution is 5.58. The first-order valence-corrected chi connectivity index (χ1v) is 7.11. The second kappa shape index (κ2) is 6.32. The van der Waals surface area contributed by atoms with Crippen LogP contribution in [0.5, 0.6) is 0 Å². The minimum absolute atomic E-state index is 0.315. The normalized spacial score (nSPS) is 11.7. The number of benzene rings is 2. The molecule has 0 bridgehead atoms. The summed E-state index contributed by atoms with van der Waals surface area (Å²) in [5.41, 5.74) is 3.15. The number of nitrogens with one attached hydrogen (secondary N) is 1. The summed E-state index contributed by atoms with van der Waals surface area (Å²) in [4.78, 5) is 0. The molecule has 1 unspecified atom stereocenters. The minimum atomic E-state index is -0.629. The second-order valence-electron chi connectivity index (χ2n) is 5.20. The van der Waals surface area contributed by atoms with Crippen molar-refractivity contribution in [1.29, 1.82) is 5.26 Å². The molecule has 0 saturated carbocycles. The van der Waals surface area contributed by atoms with Gasteiger partial charge in [-0.1, -0.05) is 22.9 Å². The van der Waals surface area contributed by atoms with Gasteiger partial charge in [0.25, 0.3) is 0 Å². The van der Waals surface area contributed by atoms with Gasteiger partial charge in [0.2, 0.25) is 0 Å². The van der Waals surface area contributed by atoms with Gasteiger partial charge < -0.3 is 9.84 Å². The van der Waals surface area contributed by atoms with Crippen LogP contribution >= 0.6 is 0 Å². The third-order valence-corrected chi connectivity index (χ3v) is 3.44. The number of aromatic nitrogens is 1. The van der Waals surface area contributed by atoms with Gasteiger partial charge in [0.05, 0.1) is 6.07 Å². The Balaban J connectivity index is 1.81. The van der Waals surface area contributed by atoms with Crippen LogP contribution in [0.3, 0.4) is 0 Å². The molecule has 0 spiro atoms. The third kappa shape index (κ3) is 3.38. The van der Waals surface area contributed by atoms with Crippen molar-refractivity contribution in [1.82, 2.24) is 5.16 Å². The predicted molar refractivity (Wildman–Crippen MR) is 85.1 cm³/mol. The highest BCUT2D eigenvalue weighted by atomic mass is 19.1. The number of rotatable bonds is 4. The average molecular weight is 307 g/mol. The van der Waals surface area contributed by atoms with E-state index in [2.05, 4.69) is 16.5 Å². The number of nitrogens with zero attached hydrogens (tertiary/aromatic N) is 2. The van der Waals surface area contributed by atoms with Crippen molar-refractivity contribution in [3.8, 4) is 17.4 Å². The molecule has 1 heterocycles. The molecule has 2 aromatic carbocycles. The Hall–Kier alpha value is -3.13. The maximum absolute atomic E-state index is 13.0. The van der Waals surface area contributed by atoms with Crippen molar-refractivity contribution in [3.05, 3.63) is 71.7 Å². The molecule has 0 fully saturated rings. The van der Waals surface area contributed by atoms with Crippen LogP contribution in [0.1, 0.15) is 17.3 Å². The van der Waals surface area contributed by atoms with Gasteiger partial charge in [0, 0.05) is 17.3 Å². The van der Waals surface area contributed by atoms with Crippen LogP contribution < -0.4 is 5.32 Å². The zero-order valence-corrected chi connectivity index (χ0v) is 12.5. The van der Waals surface area contributed by atoms with E-state index in [1.54, 1.807) is 18.2 Å². The van der Waals surface area contributed by atoms with E-state index in [4.69, 9.17) is 4.52 Å². The van der Waals surface area contributed by atoms with E-state index in [-0.39, 0.29) is 5.82 Å². The first kappa shape index (κ1) is 14.8. The van der Waals surface area contributed by atoms with Crippen molar-refractivity contribution in [3.63, 3.8) is 0 Å². The van der Waals surface area contributed by atoms with E-state index in [0.29, 0.717) is 17.0 Å². The molecule has 1 atom stereocenters. The summed E-state index contributed by atoms with van der Waals surface area (Å²) < 4.78 is 18.2. The predicted octanol–water partition coefficient (Wildman–Crippen LogP) is 4.47. The lowest BCUT2D eigenvalue weighted by Crippen LogP contribution is -2.08. The van der Waals surface area contributed by atoms with Gasteiger partial charge in [0.15, 0.2) is 11.8 Å². The molecule has 0 aliphatic heterocycles. The molecular weight excluding hydrogens is 293 g/mol. The number of anilines is 1. The van der Waals surface area contributed by atoms with Crippen LogP contribution in [0.25, 0.3) is 11.3 Å². The van der Waals surface area contributed by atoms with Gasteiger partial charge in [-0.15, -0.1) is 0 Å². The Morgan fingerprint density at radius 3 is 2.48 bits per heavy atom. The van der Waals surface area contributed by atoms with Gasteiger partial charge in [-0.2, -0.15) is 5.26 Å². The highest BCUT2D eigenvalue weighted by Crippen LogP contribution is 2.25. The van der Waals surface area contributed by atoms with Crippen LogP contribution in [-0.4, -0.2) is 5.16 Å². The van der Waals surface area contributed by atoms with Crippen molar-refractivity contribution in [2.45, 2.75) is 13.0 Å². The van der Waals surface area contributed by atoms with Gasteiger partial charge in [-0.25, -0.2) is 4.39 Å². The molecule has 114 valence electrons. The molecule has 0 amide bonds. The SMILES string of the molecule is Cc1ccc(NC(C#N)c2cc(-c3ccc(F)cc3)on2)cc1. The highest BCUT2D eigenvalue weighted by Gasteiger charge is 2.16. The van der Waals surface area contributed by atoms with E-state index < -0.39 is 6.04 Å². The van der Waals surface area contributed by atoms with Gasteiger partial charge in [-0.05, 0) is 43.3 Å². The maximum atomic E-state index is 13.0. The summed E-state index contributed by atoms with van der Waals surface area (Å²) in [5.74, 6) is 0.176. The molecule has 0 aliphatic rings. The molecule has 0 radical (unpaired) electrons. The molecule has 3 aromatic rings. The van der Waals surface area contributed by atoms with E-state index in [1.807, 2.05) is 31.2 Å². The Bertz CT molecular complexity index is 832.